The van der Waals surface area contributed by atoms with Crippen LogP contribution in [0.4, 0.5) is 0 Å². The highest BCUT2D eigenvalue weighted by Crippen LogP contribution is 2.19. The number of hydrogen-bond acceptors (Lipinski definition) is 4. The molecule has 1 aliphatic heterocycles. The Kier molecular flexibility index (Phi) is 6.58. The molecule has 2 aliphatic rings. The maximum absolute atomic E-state index is 13.2. The highest BCUT2D eigenvalue weighted by molar-refractivity contribution is 5.98. The molecule has 0 spiro atoms. The summed E-state index contributed by atoms with van der Waals surface area (Å²) in [5.74, 6) is -0.380. The highest BCUT2D eigenvalue weighted by atomic mass is 16.2. The van der Waals surface area contributed by atoms with E-state index in [2.05, 4.69) is 16.5 Å². The molecule has 1 aliphatic carbocycles. The van der Waals surface area contributed by atoms with Crippen LogP contribution in [0.15, 0.2) is 30.3 Å². The molecule has 4 rings (SSSR count). The number of nitrogens with one attached hydrogen (secondary N) is 1. The van der Waals surface area contributed by atoms with Gasteiger partial charge in [0.1, 0.15) is 5.69 Å². The van der Waals surface area contributed by atoms with Gasteiger partial charge in [0, 0.05) is 51.3 Å². The number of benzene rings is 1. The van der Waals surface area contributed by atoms with Gasteiger partial charge in [0.05, 0.1) is 0 Å². The van der Waals surface area contributed by atoms with Crippen molar-refractivity contribution in [1.82, 2.24) is 24.9 Å². The fourth-order valence-corrected chi connectivity index (χ4v) is 4.05. The third-order valence-corrected chi connectivity index (χ3v) is 5.98. The summed E-state index contributed by atoms with van der Waals surface area (Å²) in [6.07, 6.45) is 3.13. The van der Waals surface area contributed by atoms with Crippen LogP contribution in [-0.2, 0) is 17.9 Å². The lowest BCUT2D eigenvalue weighted by atomic mass is 10.1. The predicted molar refractivity (Wildman–Crippen MR) is 120 cm³/mol. The predicted octanol–water partition coefficient (Wildman–Crippen LogP) is 2.37. The molecular weight excluding hydrogens is 406 g/mol. The third kappa shape index (κ3) is 5.18. The number of hydrogen-bond donors (Lipinski definition) is 1. The van der Waals surface area contributed by atoms with Crippen LogP contribution in [0.5, 0.6) is 0 Å². The van der Waals surface area contributed by atoms with Gasteiger partial charge in [-0.25, -0.2) is 0 Å². The van der Waals surface area contributed by atoms with Crippen molar-refractivity contribution in [3.8, 4) is 0 Å². The van der Waals surface area contributed by atoms with Crippen LogP contribution in [-0.4, -0.2) is 63.0 Å². The van der Waals surface area contributed by atoms with Crippen molar-refractivity contribution >= 4 is 17.7 Å². The summed E-state index contributed by atoms with van der Waals surface area (Å²) in [5.41, 5.74) is 2.95. The second-order valence-electron chi connectivity index (χ2n) is 8.68. The average molecular weight is 438 g/mol. The molecule has 8 nitrogen and oxygen atoms in total. The van der Waals surface area contributed by atoms with E-state index < -0.39 is 0 Å². The number of nitrogens with zero attached hydrogens (tertiary/aromatic N) is 4. The zero-order chi connectivity index (χ0) is 22.7. The number of aromatic nitrogens is 2. The topological polar surface area (TPSA) is 87.5 Å². The molecule has 170 valence electrons. The molecule has 1 aromatic carbocycles. The van der Waals surface area contributed by atoms with Crippen LogP contribution in [0.25, 0.3) is 0 Å². The molecule has 32 heavy (non-hydrogen) atoms. The van der Waals surface area contributed by atoms with Gasteiger partial charge < -0.3 is 15.1 Å². The van der Waals surface area contributed by atoms with Gasteiger partial charge in [0.25, 0.3) is 11.8 Å². The van der Waals surface area contributed by atoms with Crippen LogP contribution in [0, 0.1) is 6.92 Å². The van der Waals surface area contributed by atoms with E-state index in [-0.39, 0.29) is 29.8 Å². The summed E-state index contributed by atoms with van der Waals surface area (Å²) in [6.45, 7) is 6.51. The Morgan fingerprint density at radius 2 is 2.03 bits per heavy atom. The molecule has 0 unspecified atom stereocenters. The minimum absolute atomic E-state index is 0.0265. The number of carbonyl (C=O) groups excluding carboxylic acids is 3. The molecule has 2 aromatic rings. The lowest BCUT2D eigenvalue weighted by Crippen LogP contribution is -2.36. The fraction of sp³-hybridized carbons (Fsp3) is 0.500. The Bertz CT molecular complexity index is 1010. The monoisotopic (exact) mass is 437 g/mol. The van der Waals surface area contributed by atoms with Gasteiger partial charge >= 0.3 is 0 Å². The lowest BCUT2D eigenvalue weighted by Gasteiger charge is -2.20. The summed E-state index contributed by atoms with van der Waals surface area (Å²) < 4.78 is 1.65. The Morgan fingerprint density at radius 3 is 2.75 bits per heavy atom. The maximum atomic E-state index is 13.2. The number of carbonyl (C=O) groups is 3. The van der Waals surface area contributed by atoms with Gasteiger partial charge in [-0.05, 0) is 38.7 Å². The summed E-state index contributed by atoms with van der Waals surface area (Å²) in [6, 6.07) is 10.1. The largest absolute Gasteiger partial charge is 0.353 e. The van der Waals surface area contributed by atoms with Crippen molar-refractivity contribution in [2.75, 3.05) is 19.6 Å². The van der Waals surface area contributed by atoms with Crippen molar-refractivity contribution in [2.24, 2.45) is 0 Å². The number of fused-ring (bicyclic) bond motifs is 1. The van der Waals surface area contributed by atoms with E-state index in [1.807, 2.05) is 36.9 Å². The second-order valence-corrected chi connectivity index (χ2v) is 8.68. The van der Waals surface area contributed by atoms with Crippen LogP contribution in [0.3, 0.4) is 0 Å². The average Bonchev–Trinajstić information content (AvgIpc) is 3.50. The molecule has 2 heterocycles. The Hall–Kier alpha value is -3.16. The first-order valence-electron chi connectivity index (χ1n) is 11.5. The number of aryl methyl sites for hydroxylation is 2. The van der Waals surface area contributed by atoms with E-state index in [1.54, 1.807) is 15.6 Å². The molecule has 0 atom stereocenters. The van der Waals surface area contributed by atoms with Crippen LogP contribution in [0.2, 0.25) is 0 Å². The molecule has 1 aromatic heterocycles. The normalized spacial score (nSPS) is 15.8. The fourth-order valence-electron chi connectivity index (χ4n) is 4.05. The van der Waals surface area contributed by atoms with Crippen molar-refractivity contribution < 1.29 is 14.4 Å². The van der Waals surface area contributed by atoms with Crippen LogP contribution in [0.1, 0.15) is 64.7 Å². The minimum atomic E-state index is -0.245. The van der Waals surface area contributed by atoms with Crippen molar-refractivity contribution in [2.45, 2.75) is 58.7 Å². The Balaban J connectivity index is 1.44. The molecule has 1 saturated carbocycles. The first-order valence-corrected chi connectivity index (χ1v) is 11.5. The van der Waals surface area contributed by atoms with Crippen LogP contribution >= 0.6 is 0 Å². The summed E-state index contributed by atoms with van der Waals surface area (Å²) >= 11 is 0. The standard InChI is InChI=1S/C24H31N5O3/c1-3-27(13-10-22(30)25-19-8-9-19)23(31)20-15-21-24(32)28(11-5-12-29(21)26-20)16-18-7-4-6-17(2)14-18/h4,6-7,14-15,19H,3,5,8-13,16H2,1-2H3,(H,25,30). The van der Waals surface area contributed by atoms with E-state index in [0.717, 1.165) is 30.4 Å². The van der Waals surface area contributed by atoms with Gasteiger partial charge in [0.2, 0.25) is 5.91 Å². The molecule has 0 radical (unpaired) electrons. The summed E-state index contributed by atoms with van der Waals surface area (Å²) in [5, 5.41) is 7.39. The van der Waals surface area contributed by atoms with Gasteiger partial charge in [-0.2, -0.15) is 5.10 Å². The van der Waals surface area contributed by atoms with Crippen molar-refractivity contribution in [1.29, 1.82) is 0 Å². The Morgan fingerprint density at radius 1 is 1.22 bits per heavy atom. The number of amides is 3. The third-order valence-electron chi connectivity index (χ3n) is 5.98. The molecule has 1 N–H and O–H groups in total. The van der Waals surface area contributed by atoms with E-state index >= 15 is 0 Å². The molecule has 1 fully saturated rings. The molecule has 0 saturated heterocycles. The second kappa shape index (κ2) is 9.54. The maximum Gasteiger partial charge on any atom is 0.274 e. The SMILES string of the molecule is CCN(CCC(=O)NC1CC1)C(=O)c1cc2n(n1)CCCN(Cc1cccc(C)c1)C2=O. The molecule has 3 amide bonds. The van der Waals surface area contributed by atoms with Crippen molar-refractivity contribution in [3.05, 3.63) is 52.8 Å². The Labute approximate surface area is 188 Å². The first kappa shape index (κ1) is 22.0. The minimum Gasteiger partial charge on any atom is -0.353 e. The van der Waals surface area contributed by atoms with E-state index in [1.165, 1.54) is 0 Å². The van der Waals surface area contributed by atoms with Gasteiger partial charge in [0.15, 0.2) is 5.69 Å². The first-order chi connectivity index (χ1) is 15.4. The number of rotatable bonds is 8. The van der Waals surface area contributed by atoms with E-state index in [4.69, 9.17) is 0 Å². The molecule has 0 bridgehead atoms. The van der Waals surface area contributed by atoms with E-state index in [9.17, 15) is 14.4 Å². The van der Waals surface area contributed by atoms with Crippen LogP contribution < -0.4 is 5.32 Å². The van der Waals surface area contributed by atoms with Gasteiger partial charge in [-0.3, -0.25) is 19.1 Å². The zero-order valence-electron chi connectivity index (χ0n) is 18.8. The molecular formula is C24H31N5O3. The summed E-state index contributed by atoms with van der Waals surface area (Å²) in [7, 11) is 0. The highest BCUT2D eigenvalue weighted by Gasteiger charge is 2.28. The lowest BCUT2D eigenvalue weighted by molar-refractivity contribution is -0.121. The summed E-state index contributed by atoms with van der Waals surface area (Å²) in [4.78, 5) is 41.7. The zero-order valence-corrected chi connectivity index (χ0v) is 18.8. The smallest absolute Gasteiger partial charge is 0.274 e. The van der Waals surface area contributed by atoms with Gasteiger partial charge in [-0.1, -0.05) is 29.8 Å². The van der Waals surface area contributed by atoms with E-state index in [0.29, 0.717) is 44.5 Å². The van der Waals surface area contributed by atoms with Gasteiger partial charge in [-0.15, -0.1) is 0 Å². The van der Waals surface area contributed by atoms with Crippen molar-refractivity contribution in [3.63, 3.8) is 0 Å². The molecule has 8 heteroatoms. The quantitative estimate of drug-likeness (QED) is 0.687.